The zero-order valence-electron chi connectivity index (χ0n) is 22.2. The zero-order valence-corrected chi connectivity index (χ0v) is 24.7. The maximum absolute atomic E-state index is 10.4. The Morgan fingerprint density at radius 2 is 0.697 bits per heavy atom. The number of aliphatic carboxylic acids is 3. The molecule has 198 valence electrons. The number of hydrogen-bond acceptors (Lipinski definition) is 4. The van der Waals surface area contributed by atoms with Crippen LogP contribution in [0.3, 0.4) is 0 Å². The molecule has 0 aromatic heterocycles. The van der Waals surface area contributed by atoms with Gasteiger partial charge in [-0.2, -0.15) is 0 Å². The van der Waals surface area contributed by atoms with Crippen LogP contribution in [0.15, 0.2) is 0 Å². The minimum Gasteiger partial charge on any atom is -0.481 e. The number of carboxylic acids is 3. The van der Waals surface area contributed by atoms with Gasteiger partial charge in [0.2, 0.25) is 0 Å². The van der Waals surface area contributed by atoms with Crippen molar-refractivity contribution in [2.75, 3.05) is 7.11 Å². The van der Waals surface area contributed by atoms with Gasteiger partial charge in [-0.3, -0.25) is 14.4 Å². The third kappa shape index (κ3) is 31.3. The van der Waals surface area contributed by atoms with Crippen LogP contribution in [0.2, 0.25) is 0 Å². The van der Waals surface area contributed by atoms with Crippen LogP contribution in [0.25, 0.3) is 0 Å². The van der Waals surface area contributed by atoms with E-state index in [-0.39, 0.29) is 44.0 Å². The van der Waals surface area contributed by atoms with E-state index >= 15 is 0 Å². The number of unbranched alkanes of at least 4 members (excludes halogenated alkanes) is 3. The molecule has 0 amide bonds. The van der Waals surface area contributed by atoms with Gasteiger partial charge in [0.05, 0.1) is 17.8 Å². The first kappa shape index (κ1) is 42.4. The van der Waals surface area contributed by atoms with Crippen molar-refractivity contribution in [1.82, 2.24) is 0 Å². The maximum Gasteiger partial charge on any atom is 0.306 e. The predicted octanol–water partition coefficient (Wildman–Crippen LogP) is 6.47. The Kier molecular flexibility index (Phi) is 43.0. The van der Waals surface area contributed by atoms with Crippen LogP contribution in [0, 0.1) is 17.8 Å². The Hall–Kier alpha value is -0.747. The normalized spacial score (nSPS) is 12.0. The number of aliphatic hydroxyl groups excluding tert-OH is 1. The third-order valence-corrected chi connectivity index (χ3v) is 5.24. The first-order valence-corrected chi connectivity index (χ1v) is 12.3. The molecule has 33 heavy (non-hydrogen) atoms. The van der Waals surface area contributed by atoms with Crippen molar-refractivity contribution in [3.63, 3.8) is 0 Å². The van der Waals surface area contributed by atoms with Gasteiger partial charge >= 0.3 is 17.9 Å². The van der Waals surface area contributed by atoms with Crippen molar-refractivity contribution in [1.29, 1.82) is 0 Å². The molecule has 4 N–H and O–H groups in total. The monoisotopic (exact) mass is 554 g/mol. The Bertz CT molecular complexity index is 369. The molecule has 0 radical (unpaired) electrons. The topological polar surface area (TPSA) is 132 Å². The molecule has 0 aliphatic rings. The minimum absolute atomic E-state index is 0. The van der Waals surface area contributed by atoms with Gasteiger partial charge < -0.3 is 20.4 Å². The molecular formula is C25H52O7Zr. The molecular weight excluding hydrogens is 503 g/mol. The average molecular weight is 556 g/mol. The fourth-order valence-corrected chi connectivity index (χ4v) is 2.86. The molecule has 3 atom stereocenters. The average Bonchev–Trinajstić information content (AvgIpc) is 2.77. The van der Waals surface area contributed by atoms with Gasteiger partial charge in [0, 0.05) is 33.3 Å². The molecule has 3 unspecified atom stereocenters. The van der Waals surface area contributed by atoms with Crippen molar-refractivity contribution in [3.8, 4) is 0 Å². The van der Waals surface area contributed by atoms with E-state index in [2.05, 4.69) is 20.8 Å². The summed E-state index contributed by atoms with van der Waals surface area (Å²) in [5.74, 6) is -2.26. The van der Waals surface area contributed by atoms with Crippen molar-refractivity contribution in [2.24, 2.45) is 17.8 Å². The molecule has 0 aliphatic heterocycles. The van der Waals surface area contributed by atoms with Gasteiger partial charge in [-0.1, -0.05) is 80.1 Å². The summed E-state index contributed by atoms with van der Waals surface area (Å²) in [5.41, 5.74) is 0. The summed E-state index contributed by atoms with van der Waals surface area (Å²) in [4.78, 5) is 31.3. The van der Waals surface area contributed by atoms with Crippen LogP contribution in [-0.4, -0.2) is 45.4 Å². The Morgan fingerprint density at radius 1 is 0.515 bits per heavy atom. The van der Waals surface area contributed by atoms with Crippen LogP contribution < -0.4 is 0 Å². The summed E-state index contributed by atoms with van der Waals surface area (Å²) >= 11 is 0. The quantitative estimate of drug-likeness (QED) is 0.182. The second-order valence-corrected chi connectivity index (χ2v) is 7.76. The zero-order chi connectivity index (χ0) is 25.9. The minimum atomic E-state index is -0.643. The van der Waals surface area contributed by atoms with Crippen LogP contribution in [0.1, 0.15) is 119 Å². The number of carboxylic acid groups (broad SMARTS) is 3. The van der Waals surface area contributed by atoms with Gasteiger partial charge in [0.25, 0.3) is 0 Å². The summed E-state index contributed by atoms with van der Waals surface area (Å²) < 4.78 is 0. The van der Waals surface area contributed by atoms with Crippen molar-refractivity contribution in [2.45, 2.75) is 119 Å². The summed E-state index contributed by atoms with van der Waals surface area (Å²) in [5, 5.41) is 32.8. The molecule has 0 aromatic carbocycles. The van der Waals surface area contributed by atoms with E-state index in [1.165, 1.54) is 0 Å². The molecule has 0 fully saturated rings. The van der Waals surface area contributed by atoms with E-state index in [9.17, 15) is 14.4 Å². The maximum atomic E-state index is 10.4. The summed E-state index contributed by atoms with van der Waals surface area (Å²) in [6.45, 7) is 12.0. The van der Waals surface area contributed by atoms with Crippen molar-refractivity contribution >= 4 is 17.9 Å². The molecule has 0 bridgehead atoms. The molecule has 0 heterocycles. The van der Waals surface area contributed by atoms with E-state index < -0.39 is 17.9 Å². The Morgan fingerprint density at radius 3 is 0.788 bits per heavy atom. The molecule has 0 aromatic rings. The standard InChI is InChI=1S/3C8H16O2.CH4O.Zr/c3*1-3-5-6-7(4-2)8(9)10;1-2;/h3*7H,3-6H2,1-2H3,(H,9,10);2H,1H3;. The van der Waals surface area contributed by atoms with Crippen LogP contribution in [0.5, 0.6) is 0 Å². The summed E-state index contributed by atoms with van der Waals surface area (Å²) in [6.07, 6.45) is 11.1. The first-order chi connectivity index (χ1) is 15.2. The van der Waals surface area contributed by atoms with Gasteiger partial charge in [-0.25, -0.2) is 0 Å². The smallest absolute Gasteiger partial charge is 0.306 e. The van der Waals surface area contributed by atoms with Crippen molar-refractivity contribution in [3.05, 3.63) is 0 Å². The van der Waals surface area contributed by atoms with Gasteiger partial charge in [0.1, 0.15) is 0 Å². The molecule has 7 nitrogen and oxygen atoms in total. The number of hydrogen-bond donors (Lipinski definition) is 4. The van der Waals surface area contributed by atoms with Crippen LogP contribution >= 0.6 is 0 Å². The third-order valence-electron chi connectivity index (χ3n) is 5.24. The molecule has 0 saturated carbocycles. The summed E-state index contributed by atoms with van der Waals surface area (Å²) in [7, 11) is 1.00. The SMILES string of the molecule is CCCCC(CC)C(=O)O.CCCCC(CC)C(=O)O.CCCCC(CC)C(=O)O.CO.[Zr]. The van der Waals surface area contributed by atoms with E-state index in [0.717, 1.165) is 84.2 Å². The Balaban J connectivity index is -0.000000113. The second kappa shape index (κ2) is 33.4. The van der Waals surface area contributed by atoms with E-state index in [1.54, 1.807) is 0 Å². The number of aliphatic hydroxyl groups is 1. The van der Waals surface area contributed by atoms with E-state index in [0.29, 0.717) is 0 Å². The molecule has 8 heteroatoms. The molecule has 0 rings (SSSR count). The van der Waals surface area contributed by atoms with Gasteiger partial charge in [0.15, 0.2) is 0 Å². The fraction of sp³-hybridized carbons (Fsp3) is 0.880. The van der Waals surface area contributed by atoms with Crippen LogP contribution in [0.4, 0.5) is 0 Å². The van der Waals surface area contributed by atoms with Crippen molar-refractivity contribution < 1.29 is 61.0 Å². The summed E-state index contributed by atoms with van der Waals surface area (Å²) in [6, 6.07) is 0. The molecule has 0 saturated heterocycles. The van der Waals surface area contributed by atoms with E-state index in [1.807, 2.05) is 20.8 Å². The van der Waals surface area contributed by atoms with Crippen LogP contribution in [-0.2, 0) is 40.6 Å². The van der Waals surface area contributed by atoms with Gasteiger partial charge in [-0.05, 0) is 38.5 Å². The molecule has 0 spiro atoms. The number of rotatable bonds is 15. The fourth-order valence-electron chi connectivity index (χ4n) is 2.86. The predicted molar refractivity (Wildman–Crippen MR) is 131 cm³/mol. The molecule has 0 aliphatic carbocycles. The number of carbonyl (C=O) groups is 3. The van der Waals surface area contributed by atoms with E-state index in [4.69, 9.17) is 20.4 Å². The van der Waals surface area contributed by atoms with Gasteiger partial charge in [-0.15, -0.1) is 0 Å². The Labute approximate surface area is 221 Å². The largest absolute Gasteiger partial charge is 0.481 e. The first-order valence-electron chi connectivity index (χ1n) is 12.3. The second-order valence-electron chi connectivity index (χ2n) is 7.76.